The van der Waals surface area contributed by atoms with E-state index in [2.05, 4.69) is 17.9 Å². The quantitative estimate of drug-likeness (QED) is 0.305. The van der Waals surface area contributed by atoms with Gasteiger partial charge in [0, 0.05) is 5.57 Å². The van der Waals surface area contributed by atoms with Gasteiger partial charge >= 0.3 is 6.18 Å². The minimum Gasteiger partial charge on any atom is -0.497 e. The number of rotatable bonds is 4. The van der Waals surface area contributed by atoms with E-state index in [0.717, 1.165) is 7.11 Å². The number of carbonyl (C=O) groups excluding carboxylic acids is 1. The normalized spacial score (nSPS) is 12.1. The van der Waals surface area contributed by atoms with Gasteiger partial charge in [0.25, 0.3) is 0 Å². The van der Waals surface area contributed by atoms with Crippen LogP contribution in [0, 0.1) is 0 Å². The zero-order valence-electron chi connectivity index (χ0n) is 7.52. The number of ether oxygens (including phenoxy) is 1. The Morgan fingerprint density at radius 3 is 2.14 bits per heavy atom. The van der Waals surface area contributed by atoms with Gasteiger partial charge in [-0.05, 0) is 6.08 Å². The minimum absolute atomic E-state index is 0.217. The molecular formula is C9H9F3O2. The number of methoxy groups -OCH3 is 1. The molecule has 0 heterocycles. The number of alkyl halides is 3. The zero-order valence-corrected chi connectivity index (χ0v) is 7.52. The fourth-order valence-electron chi connectivity index (χ4n) is 0.650. The van der Waals surface area contributed by atoms with E-state index in [1.807, 2.05) is 0 Å². The molecule has 0 unspecified atom stereocenters. The van der Waals surface area contributed by atoms with Gasteiger partial charge < -0.3 is 4.74 Å². The molecule has 0 radical (unpaired) electrons. The van der Waals surface area contributed by atoms with Crippen LogP contribution in [0.1, 0.15) is 0 Å². The SMILES string of the molecule is C=C(C=O)/C=C(\C(=C)OC)C(F)(F)F. The highest BCUT2D eigenvalue weighted by molar-refractivity contribution is 5.77. The molecule has 0 N–H and O–H groups in total. The average molecular weight is 206 g/mol. The number of halogens is 3. The summed E-state index contributed by atoms with van der Waals surface area (Å²) in [6.07, 6.45) is -3.81. The lowest BCUT2D eigenvalue weighted by atomic mass is 10.1. The monoisotopic (exact) mass is 206 g/mol. The van der Waals surface area contributed by atoms with Crippen molar-refractivity contribution in [1.82, 2.24) is 0 Å². The molecule has 0 aromatic carbocycles. The third-order valence-electron chi connectivity index (χ3n) is 1.33. The molecule has 0 atom stereocenters. The Kier molecular flexibility index (Phi) is 4.14. The van der Waals surface area contributed by atoms with Crippen LogP contribution in [0.15, 0.2) is 36.1 Å². The van der Waals surface area contributed by atoms with Crippen molar-refractivity contribution >= 4 is 6.29 Å². The van der Waals surface area contributed by atoms with Crippen molar-refractivity contribution in [3.63, 3.8) is 0 Å². The summed E-state index contributed by atoms with van der Waals surface area (Å²) >= 11 is 0. The third-order valence-corrected chi connectivity index (χ3v) is 1.33. The van der Waals surface area contributed by atoms with E-state index in [1.165, 1.54) is 0 Å². The molecule has 0 saturated carbocycles. The molecule has 0 spiro atoms. The average Bonchev–Trinajstić information content (AvgIpc) is 2.10. The van der Waals surface area contributed by atoms with Gasteiger partial charge in [0.1, 0.15) is 12.0 Å². The highest BCUT2D eigenvalue weighted by atomic mass is 19.4. The summed E-state index contributed by atoms with van der Waals surface area (Å²) in [6.45, 7) is 6.16. The van der Waals surface area contributed by atoms with Crippen molar-refractivity contribution < 1.29 is 22.7 Å². The van der Waals surface area contributed by atoms with Crippen molar-refractivity contribution in [2.45, 2.75) is 6.18 Å². The summed E-state index contributed by atoms with van der Waals surface area (Å²) in [5, 5.41) is 0. The fraction of sp³-hybridized carbons (Fsp3) is 0.222. The van der Waals surface area contributed by atoms with Crippen molar-refractivity contribution in [1.29, 1.82) is 0 Å². The largest absolute Gasteiger partial charge is 0.497 e. The first kappa shape index (κ1) is 12.5. The Hall–Kier alpha value is -1.52. The summed E-state index contributed by atoms with van der Waals surface area (Å²) < 4.78 is 41.2. The molecule has 0 saturated heterocycles. The van der Waals surface area contributed by atoms with E-state index in [1.54, 1.807) is 0 Å². The van der Waals surface area contributed by atoms with E-state index in [9.17, 15) is 18.0 Å². The van der Waals surface area contributed by atoms with E-state index < -0.39 is 17.5 Å². The standard InChI is InChI=1S/C9H9F3O2/c1-6(5-13)4-8(7(2)14-3)9(10,11)12/h4-5H,1-2H2,3H3/b8-4+. The first-order valence-electron chi connectivity index (χ1n) is 3.49. The molecular weight excluding hydrogens is 197 g/mol. The first-order valence-corrected chi connectivity index (χ1v) is 3.49. The number of aldehydes is 1. The summed E-state index contributed by atoms with van der Waals surface area (Å²) in [4.78, 5) is 10.1. The van der Waals surface area contributed by atoms with Gasteiger partial charge in [-0.15, -0.1) is 0 Å². The lowest BCUT2D eigenvalue weighted by Crippen LogP contribution is -2.14. The summed E-state index contributed by atoms with van der Waals surface area (Å²) in [5.74, 6) is -0.555. The summed E-state index contributed by atoms with van der Waals surface area (Å²) in [7, 11) is 1.06. The minimum atomic E-state index is -4.61. The van der Waals surface area contributed by atoms with E-state index in [0.29, 0.717) is 6.08 Å². The molecule has 78 valence electrons. The topological polar surface area (TPSA) is 26.3 Å². The highest BCUT2D eigenvalue weighted by Gasteiger charge is 2.36. The van der Waals surface area contributed by atoms with E-state index >= 15 is 0 Å². The van der Waals surface area contributed by atoms with Gasteiger partial charge in [0.15, 0.2) is 0 Å². The lowest BCUT2D eigenvalue weighted by Gasteiger charge is -2.12. The van der Waals surface area contributed by atoms with Crippen LogP contribution < -0.4 is 0 Å². The molecule has 0 aromatic rings. The van der Waals surface area contributed by atoms with Gasteiger partial charge in [0.05, 0.1) is 12.7 Å². The Labute approximate surface area is 79.4 Å². The first-order chi connectivity index (χ1) is 6.32. The second kappa shape index (κ2) is 4.64. The van der Waals surface area contributed by atoms with Gasteiger partial charge in [0.2, 0.25) is 0 Å². The molecule has 14 heavy (non-hydrogen) atoms. The summed E-state index contributed by atoms with van der Waals surface area (Å²) in [5.41, 5.74) is -1.41. The van der Waals surface area contributed by atoms with Crippen LogP contribution in [-0.2, 0) is 9.53 Å². The fourth-order valence-corrected chi connectivity index (χ4v) is 0.650. The van der Waals surface area contributed by atoms with Crippen LogP contribution >= 0.6 is 0 Å². The predicted octanol–water partition coefficient (Wildman–Crippen LogP) is 2.39. The molecule has 5 heteroatoms. The maximum Gasteiger partial charge on any atom is 0.419 e. The maximum atomic E-state index is 12.3. The van der Waals surface area contributed by atoms with Gasteiger partial charge in [-0.3, -0.25) is 4.79 Å². The summed E-state index contributed by atoms with van der Waals surface area (Å²) in [6, 6.07) is 0. The van der Waals surface area contributed by atoms with Gasteiger partial charge in [-0.1, -0.05) is 13.2 Å². The highest BCUT2D eigenvalue weighted by Crippen LogP contribution is 2.31. The van der Waals surface area contributed by atoms with E-state index in [-0.39, 0.29) is 11.9 Å². The zero-order chi connectivity index (χ0) is 11.4. The Balaban J connectivity index is 5.11. The van der Waals surface area contributed by atoms with Gasteiger partial charge in [-0.2, -0.15) is 13.2 Å². The molecule has 0 aliphatic heterocycles. The molecule has 0 aromatic heterocycles. The predicted molar refractivity (Wildman–Crippen MR) is 45.5 cm³/mol. The lowest BCUT2D eigenvalue weighted by molar-refractivity contribution is -0.104. The third kappa shape index (κ3) is 3.47. The van der Waals surface area contributed by atoms with Crippen LogP contribution in [0.3, 0.4) is 0 Å². The maximum absolute atomic E-state index is 12.3. The Morgan fingerprint density at radius 1 is 1.36 bits per heavy atom. The number of hydrogen-bond acceptors (Lipinski definition) is 2. The second-order valence-corrected chi connectivity index (χ2v) is 2.38. The molecule has 2 nitrogen and oxygen atoms in total. The molecule has 0 aliphatic rings. The number of carbonyl (C=O) groups is 1. The molecule has 0 aliphatic carbocycles. The van der Waals surface area contributed by atoms with Crippen molar-refractivity contribution in [3.8, 4) is 0 Å². The van der Waals surface area contributed by atoms with Gasteiger partial charge in [-0.25, -0.2) is 0 Å². The smallest absolute Gasteiger partial charge is 0.419 e. The van der Waals surface area contributed by atoms with Crippen LogP contribution in [0.5, 0.6) is 0 Å². The van der Waals surface area contributed by atoms with E-state index in [4.69, 9.17) is 0 Å². The van der Waals surface area contributed by atoms with Crippen LogP contribution in [-0.4, -0.2) is 19.6 Å². The van der Waals surface area contributed by atoms with Crippen LogP contribution in [0.25, 0.3) is 0 Å². The van der Waals surface area contributed by atoms with Crippen LogP contribution in [0.2, 0.25) is 0 Å². The van der Waals surface area contributed by atoms with Crippen molar-refractivity contribution in [3.05, 3.63) is 36.1 Å². The van der Waals surface area contributed by atoms with Crippen molar-refractivity contribution in [2.75, 3.05) is 7.11 Å². The molecule has 0 amide bonds. The van der Waals surface area contributed by atoms with Crippen LogP contribution in [0.4, 0.5) is 13.2 Å². The molecule has 0 fully saturated rings. The number of allylic oxidation sites excluding steroid dienone is 3. The van der Waals surface area contributed by atoms with Crippen molar-refractivity contribution in [2.24, 2.45) is 0 Å². The molecule has 0 rings (SSSR count). The number of hydrogen-bond donors (Lipinski definition) is 0. The Bertz CT molecular complexity index is 287. The second-order valence-electron chi connectivity index (χ2n) is 2.38. The Morgan fingerprint density at radius 2 is 1.86 bits per heavy atom. The molecule has 0 bridgehead atoms.